The van der Waals surface area contributed by atoms with Crippen LogP contribution in [-0.4, -0.2) is 7.05 Å². The maximum absolute atomic E-state index is 13.5. The van der Waals surface area contributed by atoms with E-state index in [4.69, 9.17) is 5.73 Å². The average Bonchev–Trinajstić information content (AvgIpc) is 2.24. The number of hydrogen-bond acceptors (Lipinski definition) is 2. The lowest BCUT2D eigenvalue weighted by molar-refractivity contribution is 0.454. The summed E-state index contributed by atoms with van der Waals surface area (Å²) in [5, 5.41) is 2.91. The zero-order valence-electron chi connectivity index (χ0n) is 8.44. The third-order valence-electron chi connectivity index (χ3n) is 2.36. The van der Waals surface area contributed by atoms with Crippen LogP contribution in [0.5, 0.6) is 0 Å². The number of fused-ring (bicyclic) bond motifs is 1. The minimum Gasteiger partial charge on any atom is -0.399 e. The Morgan fingerprint density at radius 1 is 1.06 bits per heavy atom. The molecule has 0 aromatic heterocycles. The smallest absolute Gasteiger partial charge is 0.195 e. The van der Waals surface area contributed by atoms with Gasteiger partial charge in [-0.05, 0) is 23.6 Å². The molecule has 0 saturated carbocycles. The van der Waals surface area contributed by atoms with Crippen LogP contribution in [0.25, 0.3) is 10.8 Å². The molecule has 84 valence electrons. The van der Waals surface area contributed by atoms with Gasteiger partial charge in [-0.25, -0.2) is 13.2 Å². The van der Waals surface area contributed by atoms with Gasteiger partial charge in [0, 0.05) is 23.8 Å². The van der Waals surface area contributed by atoms with Gasteiger partial charge in [0.2, 0.25) is 0 Å². The normalized spacial score (nSPS) is 10.8. The molecule has 2 aromatic rings. The van der Waals surface area contributed by atoms with E-state index in [2.05, 4.69) is 5.32 Å². The Hall–Kier alpha value is -1.91. The molecule has 0 fully saturated rings. The first kappa shape index (κ1) is 10.6. The Bertz CT molecular complexity index is 567. The molecule has 0 saturated heterocycles. The number of nitrogens with one attached hydrogen (secondary N) is 1. The van der Waals surface area contributed by atoms with Crippen molar-refractivity contribution in [3.63, 3.8) is 0 Å². The van der Waals surface area contributed by atoms with Crippen molar-refractivity contribution >= 4 is 22.1 Å². The van der Waals surface area contributed by atoms with Crippen molar-refractivity contribution in [1.29, 1.82) is 0 Å². The van der Waals surface area contributed by atoms with E-state index >= 15 is 0 Å². The number of nitrogen functional groups attached to an aromatic ring is 1. The lowest BCUT2D eigenvalue weighted by Gasteiger charge is -2.09. The summed E-state index contributed by atoms with van der Waals surface area (Å²) in [4.78, 5) is 0. The Labute approximate surface area is 89.9 Å². The van der Waals surface area contributed by atoms with Crippen LogP contribution in [0.15, 0.2) is 18.2 Å². The van der Waals surface area contributed by atoms with Gasteiger partial charge in [0.1, 0.15) is 0 Å². The molecule has 2 aromatic carbocycles. The summed E-state index contributed by atoms with van der Waals surface area (Å²) in [5.74, 6) is -3.91. The maximum atomic E-state index is 13.5. The molecular weight excluding hydrogens is 217 g/mol. The lowest BCUT2D eigenvalue weighted by Crippen LogP contribution is -1.98. The van der Waals surface area contributed by atoms with E-state index < -0.39 is 17.5 Å². The lowest BCUT2D eigenvalue weighted by atomic mass is 10.1. The van der Waals surface area contributed by atoms with Gasteiger partial charge in [0.25, 0.3) is 0 Å². The van der Waals surface area contributed by atoms with Crippen molar-refractivity contribution in [1.82, 2.24) is 0 Å². The Balaban J connectivity index is 2.95. The summed E-state index contributed by atoms with van der Waals surface area (Å²) in [5.41, 5.74) is 6.23. The summed E-state index contributed by atoms with van der Waals surface area (Å²) < 4.78 is 39.6. The van der Waals surface area contributed by atoms with Crippen LogP contribution < -0.4 is 11.1 Å². The van der Waals surface area contributed by atoms with Gasteiger partial charge in [-0.15, -0.1) is 0 Å². The summed E-state index contributed by atoms with van der Waals surface area (Å²) in [6, 6.07) is 3.77. The van der Waals surface area contributed by atoms with Gasteiger partial charge in [0.15, 0.2) is 17.5 Å². The first-order valence-electron chi connectivity index (χ1n) is 4.59. The third-order valence-corrected chi connectivity index (χ3v) is 2.36. The Morgan fingerprint density at radius 3 is 2.38 bits per heavy atom. The van der Waals surface area contributed by atoms with E-state index in [1.54, 1.807) is 7.05 Å². The molecular formula is C11H9F3N2. The highest BCUT2D eigenvalue weighted by Crippen LogP contribution is 2.31. The summed E-state index contributed by atoms with van der Waals surface area (Å²) in [6.45, 7) is 0. The molecule has 0 radical (unpaired) electrons. The third kappa shape index (κ3) is 1.44. The molecule has 0 aliphatic carbocycles. The van der Waals surface area contributed by atoms with Gasteiger partial charge >= 0.3 is 0 Å². The highest BCUT2D eigenvalue weighted by atomic mass is 19.2. The largest absolute Gasteiger partial charge is 0.399 e. The molecule has 0 heterocycles. The number of hydrogen-bond donors (Lipinski definition) is 2. The Kier molecular flexibility index (Phi) is 2.38. The standard InChI is InChI=1S/C11H9F3N2/c1-16-8-4-6(15)2-5-3-7(12)10(13)11(14)9(5)8/h2-4,16H,15H2,1H3. The van der Waals surface area contributed by atoms with Gasteiger partial charge in [-0.2, -0.15) is 0 Å². The molecule has 0 amide bonds. The maximum Gasteiger partial charge on any atom is 0.195 e. The van der Waals surface area contributed by atoms with Gasteiger partial charge in [0.05, 0.1) is 0 Å². The van der Waals surface area contributed by atoms with Crippen molar-refractivity contribution in [2.75, 3.05) is 18.1 Å². The fraction of sp³-hybridized carbons (Fsp3) is 0.0909. The second-order valence-corrected chi connectivity index (χ2v) is 3.40. The minimum atomic E-state index is -1.48. The highest BCUT2D eigenvalue weighted by Gasteiger charge is 2.16. The number of benzene rings is 2. The molecule has 0 unspecified atom stereocenters. The average molecular weight is 226 g/mol. The van der Waals surface area contributed by atoms with Gasteiger partial charge < -0.3 is 11.1 Å². The van der Waals surface area contributed by atoms with Crippen LogP contribution in [0.1, 0.15) is 0 Å². The molecule has 0 aliphatic rings. The van der Waals surface area contributed by atoms with Crippen LogP contribution in [0.4, 0.5) is 24.5 Å². The minimum absolute atomic E-state index is 0.00407. The summed E-state index contributed by atoms with van der Waals surface area (Å²) >= 11 is 0. The van der Waals surface area contributed by atoms with Crippen LogP contribution in [0, 0.1) is 17.5 Å². The van der Waals surface area contributed by atoms with Gasteiger partial charge in [-0.3, -0.25) is 0 Å². The predicted molar refractivity (Wildman–Crippen MR) is 57.8 cm³/mol. The predicted octanol–water partition coefficient (Wildman–Crippen LogP) is 2.88. The molecule has 2 rings (SSSR count). The molecule has 2 nitrogen and oxygen atoms in total. The van der Waals surface area contributed by atoms with Crippen LogP contribution in [0.2, 0.25) is 0 Å². The molecule has 0 spiro atoms. The first-order chi connectivity index (χ1) is 7.54. The number of anilines is 2. The molecule has 16 heavy (non-hydrogen) atoms. The zero-order chi connectivity index (χ0) is 11.9. The SMILES string of the molecule is CNc1cc(N)cc2cc(F)c(F)c(F)c12. The van der Waals surface area contributed by atoms with Crippen LogP contribution in [-0.2, 0) is 0 Å². The fourth-order valence-electron chi connectivity index (χ4n) is 1.66. The quantitative estimate of drug-likeness (QED) is 0.579. The van der Waals surface area contributed by atoms with Crippen LogP contribution in [0.3, 0.4) is 0 Å². The summed E-state index contributed by atoms with van der Waals surface area (Å²) in [6.07, 6.45) is 0. The van der Waals surface area contributed by atoms with Crippen LogP contribution >= 0.6 is 0 Å². The second-order valence-electron chi connectivity index (χ2n) is 3.40. The van der Waals surface area contributed by atoms with E-state index in [0.29, 0.717) is 11.4 Å². The molecule has 0 atom stereocenters. The van der Waals surface area contributed by atoms with E-state index in [1.165, 1.54) is 12.1 Å². The summed E-state index contributed by atoms with van der Waals surface area (Å²) in [7, 11) is 1.55. The molecule has 3 N–H and O–H groups in total. The van der Waals surface area contributed by atoms with E-state index in [9.17, 15) is 13.2 Å². The Morgan fingerprint density at radius 2 is 1.75 bits per heavy atom. The van der Waals surface area contributed by atoms with Crippen molar-refractivity contribution in [3.05, 3.63) is 35.7 Å². The van der Waals surface area contributed by atoms with E-state index in [-0.39, 0.29) is 10.8 Å². The topological polar surface area (TPSA) is 38.0 Å². The van der Waals surface area contributed by atoms with Gasteiger partial charge in [-0.1, -0.05) is 0 Å². The molecule has 0 aliphatic heterocycles. The van der Waals surface area contributed by atoms with Crippen molar-refractivity contribution in [3.8, 4) is 0 Å². The number of rotatable bonds is 1. The van der Waals surface area contributed by atoms with Crippen molar-refractivity contribution < 1.29 is 13.2 Å². The first-order valence-corrected chi connectivity index (χ1v) is 4.59. The van der Waals surface area contributed by atoms with E-state index in [0.717, 1.165) is 6.07 Å². The number of nitrogens with two attached hydrogens (primary N) is 1. The monoisotopic (exact) mass is 226 g/mol. The van der Waals surface area contributed by atoms with E-state index in [1.807, 2.05) is 0 Å². The van der Waals surface area contributed by atoms with Crippen molar-refractivity contribution in [2.24, 2.45) is 0 Å². The highest BCUT2D eigenvalue weighted by molar-refractivity contribution is 5.97. The fourth-order valence-corrected chi connectivity index (χ4v) is 1.66. The van der Waals surface area contributed by atoms with Crippen molar-refractivity contribution in [2.45, 2.75) is 0 Å². The second kappa shape index (κ2) is 3.59. The molecule has 0 bridgehead atoms. The molecule has 5 heteroatoms. The number of halogens is 3. The zero-order valence-corrected chi connectivity index (χ0v) is 8.44.